The number of rotatable bonds is 4. The van der Waals surface area contributed by atoms with Crippen molar-refractivity contribution in [3.05, 3.63) is 29.3 Å². The molecule has 5 heteroatoms. The van der Waals surface area contributed by atoms with Gasteiger partial charge in [0.25, 0.3) is 5.91 Å². The maximum absolute atomic E-state index is 12.3. The van der Waals surface area contributed by atoms with Gasteiger partial charge >= 0.3 is 0 Å². The van der Waals surface area contributed by atoms with Gasteiger partial charge in [-0.2, -0.15) is 0 Å². The monoisotopic (exact) mass is 282 g/mol. The molecule has 4 nitrogen and oxygen atoms in total. The van der Waals surface area contributed by atoms with Gasteiger partial charge in [0.2, 0.25) is 0 Å². The highest BCUT2D eigenvalue weighted by molar-refractivity contribution is 6.32. The van der Waals surface area contributed by atoms with Gasteiger partial charge in [0.1, 0.15) is 5.75 Å². The number of ether oxygens (including phenoxy) is 1. The number of carbonyl (C=O) groups excluding carboxylic acids is 1. The van der Waals surface area contributed by atoms with Gasteiger partial charge in [-0.15, -0.1) is 0 Å². The van der Waals surface area contributed by atoms with Crippen molar-refractivity contribution < 1.29 is 9.53 Å². The van der Waals surface area contributed by atoms with Gasteiger partial charge in [-0.3, -0.25) is 4.79 Å². The molecule has 1 aliphatic rings. The van der Waals surface area contributed by atoms with Crippen LogP contribution in [0.25, 0.3) is 0 Å². The number of halogens is 1. The van der Waals surface area contributed by atoms with E-state index in [0.717, 1.165) is 19.4 Å². The maximum atomic E-state index is 12.3. The summed E-state index contributed by atoms with van der Waals surface area (Å²) < 4.78 is 5.65. The Balaban J connectivity index is 2.02. The van der Waals surface area contributed by atoms with Gasteiger partial charge in [-0.1, -0.05) is 23.7 Å². The first-order valence-electron chi connectivity index (χ1n) is 6.55. The highest BCUT2D eigenvalue weighted by atomic mass is 35.5. The van der Waals surface area contributed by atoms with E-state index in [-0.39, 0.29) is 11.9 Å². The van der Waals surface area contributed by atoms with Gasteiger partial charge in [0.05, 0.1) is 5.02 Å². The van der Waals surface area contributed by atoms with Crippen molar-refractivity contribution >= 4 is 17.5 Å². The van der Waals surface area contributed by atoms with E-state index < -0.39 is 6.10 Å². The van der Waals surface area contributed by atoms with E-state index in [4.69, 9.17) is 22.1 Å². The summed E-state index contributed by atoms with van der Waals surface area (Å²) >= 11 is 6.02. The highest BCUT2D eigenvalue weighted by Gasteiger charge is 2.31. The minimum Gasteiger partial charge on any atom is -0.479 e. The average Bonchev–Trinajstić information content (AvgIpc) is 2.88. The van der Waals surface area contributed by atoms with Crippen LogP contribution in [-0.4, -0.2) is 36.0 Å². The van der Waals surface area contributed by atoms with Crippen LogP contribution in [0.3, 0.4) is 0 Å². The molecule has 1 saturated heterocycles. The highest BCUT2D eigenvalue weighted by Crippen LogP contribution is 2.25. The zero-order valence-electron chi connectivity index (χ0n) is 11.0. The fraction of sp³-hybridized carbons (Fsp3) is 0.500. The number of para-hydroxylation sites is 1. The summed E-state index contributed by atoms with van der Waals surface area (Å²) in [5.74, 6) is 0.515. The van der Waals surface area contributed by atoms with Gasteiger partial charge in [-0.05, 0) is 31.9 Å². The zero-order chi connectivity index (χ0) is 13.8. The molecule has 2 rings (SSSR count). The minimum absolute atomic E-state index is 0.0205. The second kappa shape index (κ2) is 6.26. The summed E-state index contributed by atoms with van der Waals surface area (Å²) in [6, 6.07) is 7.30. The molecule has 2 atom stereocenters. The predicted octanol–water partition coefficient (Wildman–Crippen LogP) is 2.06. The van der Waals surface area contributed by atoms with E-state index in [1.807, 2.05) is 17.0 Å². The molecule has 2 N–H and O–H groups in total. The van der Waals surface area contributed by atoms with Crippen molar-refractivity contribution in [3.8, 4) is 5.75 Å². The summed E-state index contributed by atoms with van der Waals surface area (Å²) in [7, 11) is 0. The largest absolute Gasteiger partial charge is 0.479 e. The maximum Gasteiger partial charge on any atom is 0.263 e. The number of hydrogen-bond acceptors (Lipinski definition) is 3. The van der Waals surface area contributed by atoms with E-state index in [0.29, 0.717) is 17.3 Å². The Morgan fingerprint density at radius 2 is 2.32 bits per heavy atom. The molecule has 104 valence electrons. The van der Waals surface area contributed by atoms with Gasteiger partial charge in [0.15, 0.2) is 6.10 Å². The lowest BCUT2D eigenvalue weighted by molar-refractivity contribution is -0.138. The third-order valence-electron chi connectivity index (χ3n) is 3.42. The van der Waals surface area contributed by atoms with Crippen molar-refractivity contribution in [2.24, 2.45) is 5.73 Å². The number of nitrogens with zero attached hydrogens (tertiary/aromatic N) is 1. The Kier molecular flexibility index (Phi) is 4.66. The minimum atomic E-state index is -0.549. The van der Waals surface area contributed by atoms with Crippen LogP contribution < -0.4 is 10.5 Å². The number of benzene rings is 1. The van der Waals surface area contributed by atoms with Crippen LogP contribution in [0.2, 0.25) is 5.02 Å². The third kappa shape index (κ3) is 3.19. The normalized spacial score (nSPS) is 20.4. The van der Waals surface area contributed by atoms with Crippen LogP contribution in [0.1, 0.15) is 19.8 Å². The lowest BCUT2D eigenvalue weighted by atomic mass is 10.2. The Hall–Kier alpha value is -1.26. The van der Waals surface area contributed by atoms with Gasteiger partial charge in [-0.25, -0.2) is 0 Å². The molecule has 1 amide bonds. The fourth-order valence-corrected chi connectivity index (χ4v) is 2.57. The first-order chi connectivity index (χ1) is 9.13. The summed E-state index contributed by atoms with van der Waals surface area (Å²) in [5.41, 5.74) is 5.68. The van der Waals surface area contributed by atoms with Crippen molar-refractivity contribution in [2.45, 2.75) is 31.9 Å². The van der Waals surface area contributed by atoms with Gasteiger partial charge < -0.3 is 15.4 Å². The van der Waals surface area contributed by atoms with E-state index >= 15 is 0 Å². The van der Waals surface area contributed by atoms with Crippen molar-refractivity contribution in [2.75, 3.05) is 13.1 Å². The Labute approximate surface area is 118 Å². The van der Waals surface area contributed by atoms with E-state index in [9.17, 15) is 4.79 Å². The molecule has 1 aromatic rings. The summed E-state index contributed by atoms with van der Waals surface area (Å²) in [6.45, 7) is 3.01. The molecule has 0 aliphatic carbocycles. The molecule has 19 heavy (non-hydrogen) atoms. The first kappa shape index (κ1) is 14.2. The standard InChI is InChI=1S/C14H19ClN2O2/c1-10(19-13-7-3-2-6-12(13)15)14(18)17-8-4-5-11(17)9-16/h2-3,6-7,10-11H,4-5,8-9,16H2,1H3/t10-,11-/m1/s1. The fourth-order valence-electron chi connectivity index (χ4n) is 2.39. The smallest absolute Gasteiger partial charge is 0.263 e. The second-order valence-electron chi connectivity index (χ2n) is 4.75. The molecular weight excluding hydrogens is 264 g/mol. The molecule has 1 aromatic carbocycles. The van der Waals surface area contributed by atoms with E-state index in [2.05, 4.69) is 0 Å². The zero-order valence-corrected chi connectivity index (χ0v) is 11.8. The van der Waals surface area contributed by atoms with Crippen LogP contribution in [0, 0.1) is 0 Å². The van der Waals surface area contributed by atoms with E-state index in [1.54, 1.807) is 19.1 Å². The summed E-state index contributed by atoms with van der Waals surface area (Å²) in [5, 5.41) is 0.513. The summed E-state index contributed by atoms with van der Waals surface area (Å²) in [4.78, 5) is 14.2. The topological polar surface area (TPSA) is 55.6 Å². The van der Waals surface area contributed by atoms with Crippen LogP contribution in [-0.2, 0) is 4.79 Å². The quantitative estimate of drug-likeness (QED) is 0.920. The lowest BCUT2D eigenvalue weighted by Gasteiger charge is -2.27. The average molecular weight is 283 g/mol. The third-order valence-corrected chi connectivity index (χ3v) is 3.73. The number of carbonyl (C=O) groups is 1. The number of amides is 1. The summed E-state index contributed by atoms with van der Waals surface area (Å²) in [6.07, 6.45) is 1.43. The van der Waals surface area contributed by atoms with Crippen LogP contribution in [0.4, 0.5) is 0 Å². The molecule has 0 saturated carbocycles. The van der Waals surface area contributed by atoms with Crippen LogP contribution in [0.5, 0.6) is 5.75 Å². The second-order valence-corrected chi connectivity index (χ2v) is 5.16. The molecule has 1 aliphatic heterocycles. The molecule has 0 bridgehead atoms. The Bertz CT molecular complexity index is 453. The molecule has 0 radical (unpaired) electrons. The molecule has 0 unspecified atom stereocenters. The molecule has 1 heterocycles. The Morgan fingerprint density at radius 1 is 1.58 bits per heavy atom. The molecule has 0 spiro atoms. The molecular formula is C14H19ClN2O2. The van der Waals surface area contributed by atoms with Crippen molar-refractivity contribution in [3.63, 3.8) is 0 Å². The Morgan fingerprint density at radius 3 is 3.00 bits per heavy atom. The van der Waals surface area contributed by atoms with Gasteiger partial charge in [0, 0.05) is 19.1 Å². The lowest BCUT2D eigenvalue weighted by Crippen LogP contribution is -2.45. The number of hydrogen-bond donors (Lipinski definition) is 1. The van der Waals surface area contributed by atoms with Crippen molar-refractivity contribution in [1.29, 1.82) is 0 Å². The van der Waals surface area contributed by atoms with Crippen molar-refractivity contribution in [1.82, 2.24) is 4.90 Å². The van der Waals surface area contributed by atoms with Crippen LogP contribution in [0.15, 0.2) is 24.3 Å². The predicted molar refractivity (Wildman–Crippen MR) is 75.3 cm³/mol. The number of nitrogens with two attached hydrogens (primary N) is 1. The molecule has 0 aromatic heterocycles. The SMILES string of the molecule is C[C@@H](Oc1ccccc1Cl)C(=O)N1CCC[C@@H]1CN. The van der Waals surface area contributed by atoms with E-state index in [1.165, 1.54) is 0 Å². The van der Waals surface area contributed by atoms with Crippen LogP contribution >= 0.6 is 11.6 Å². The first-order valence-corrected chi connectivity index (χ1v) is 6.93. The number of likely N-dealkylation sites (tertiary alicyclic amines) is 1. The molecule has 1 fully saturated rings.